The molecule has 0 saturated carbocycles. The van der Waals surface area contributed by atoms with Crippen LogP contribution in [0.1, 0.15) is 27.7 Å². The van der Waals surface area contributed by atoms with E-state index in [0.717, 1.165) is 0 Å². The zero-order valence-electron chi connectivity index (χ0n) is 25.0. The number of rotatable bonds is 4. The van der Waals surface area contributed by atoms with Gasteiger partial charge in [0, 0.05) is 26.2 Å². The van der Waals surface area contributed by atoms with E-state index in [4.69, 9.17) is 22.9 Å². The SMILES string of the molecule is C[C@@H]1NC(=O)[C@H](CN)NC(=O)[C@H](C)NC(=O)[C@H](CN)NC(=O)[C@@H](C)NC(=O)[C@H](CN)NC(=O)[C@H](C)NC(=O)[C@H](CN)NC1=O. The van der Waals surface area contributed by atoms with Crippen molar-refractivity contribution in [3.05, 3.63) is 0 Å². The van der Waals surface area contributed by atoms with Gasteiger partial charge in [-0.2, -0.15) is 0 Å². The Hall–Kier alpha value is -4.40. The Morgan fingerprint density at radius 1 is 0.341 bits per heavy atom. The van der Waals surface area contributed by atoms with E-state index in [-0.39, 0.29) is 26.2 Å². The van der Waals surface area contributed by atoms with Crippen molar-refractivity contribution < 1.29 is 38.4 Å². The van der Waals surface area contributed by atoms with Crippen LogP contribution in [-0.4, -0.2) is 122 Å². The smallest absolute Gasteiger partial charge is 0.244 e. The van der Waals surface area contributed by atoms with Gasteiger partial charge in [0.05, 0.1) is 0 Å². The minimum absolute atomic E-state index is 0.379. The third-order valence-corrected chi connectivity index (χ3v) is 6.48. The highest BCUT2D eigenvalue weighted by molar-refractivity contribution is 5.98. The van der Waals surface area contributed by atoms with Crippen LogP contribution in [0.3, 0.4) is 0 Å². The standard InChI is InChI=1S/C24H44N12O8/c1-9-17(37)33-14(6-26)22(42)30-11(3)19(39)35-16(8-28)24(44)32-12(4)20(40)36-15(7-27)23(43)31-10(2)18(38)34-13(5-25)21(41)29-9/h9-16H,5-8,25-28H2,1-4H3,(H,29,41)(H,30,42)(H,31,43)(H,32,44)(H,33,37)(H,34,38)(H,35,39)(H,36,40)/t9-,10-,11-,12+,13-,14-,15-,16-/m0/s1. The van der Waals surface area contributed by atoms with Crippen LogP contribution in [0, 0.1) is 0 Å². The minimum Gasteiger partial charge on any atom is -0.343 e. The Bertz CT molecular complexity index is 937. The summed E-state index contributed by atoms with van der Waals surface area (Å²) < 4.78 is 0. The molecule has 1 rings (SSSR count). The van der Waals surface area contributed by atoms with Gasteiger partial charge >= 0.3 is 0 Å². The highest BCUT2D eigenvalue weighted by Crippen LogP contribution is 1.96. The number of carbonyl (C=O) groups excluding carboxylic acids is 8. The van der Waals surface area contributed by atoms with Crippen LogP contribution < -0.4 is 65.5 Å². The molecule has 1 heterocycles. The molecule has 248 valence electrons. The minimum atomic E-state index is -1.32. The molecule has 0 aromatic heterocycles. The first kappa shape index (κ1) is 37.6. The van der Waals surface area contributed by atoms with Gasteiger partial charge in [0.25, 0.3) is 0 Å². The van der Waals surface area contributed by atoms with Crippen molar-refractivity contribution in [3.63, 3.8) is 0 Å². The van der Waals surface area contributed by atoms with Crippen molar-refractivity contribution in [3.8, 4) is 0 Å². The van der Waals surface area contributed by atoms with Gasteiger partial charge in [-0.05, 0) is 27.7 Å². The lowest BCUT2D eigenvalue weighted by Gasteiger charge is -2.26. The van der Waals surface area contributed by atoms with Gasteiger partial charge in [-0.1, -0.05) is 0 Å². The average molecular weight is 629 g/mol. The summed E-state index contributed by atoms with van der Waals surface area (Å²) in [5, 5.41) is 18.8. The summed E-state index contributed by atoms with van der Waals surface area (Å²) in [4.78, 5) is 102. The lowest BCUT2D eigenvalue weighted by atomic mass is 10.1. The van der Waals surface area contributed by atoms with Crippen LogP contribution in [0.5, 0.6) is 0 Å². The summed E-state index contributed by atoms with van der Waals surface area (Å²) in [7, 11) is 0. The molecule has 0 bridgehead atoms. The second-order valence-electron chi connectivity index (χ2n) is 10.1. The summed E-state index contributed by atoms with van der Waals surface area (Å²) in [5.41, 5.74) is 22.5. The monoisotopic (exact) mass is 628 g/mol. The molecule has 0 radical (unpaired) electrons. The molecule has 0 spiro atoms. The van der Waals surface area contributed by atoms with Crippen LogP contribution in [0.25, 0.3) is 0 Å². The predicted molar refractivity (Wildman–Crippen MR) is 154 cm³/mol. The highest BCUT2D eigenvalue weighted by atomic mass is 16.2. The molecule has 1 fully saturated rings. The summed E-state index contributed by atoms with van der Waals surface area (Å²) in [6, 6.07) is -10.2. The fraction of sp³-hybridized carbons (Fsp3) is 0.667. The van der Waals surface area contributed by atoms with Gasteiger partial charge in [0.15, 0.2) is 0 Å². The maximum Gasteiger partial charge on any atom is 0.244 e. The third-order valence-electron chi connectivity index (χ3n) is 6.48. The molecule has 0 aromatic carbocycles. The van der Waals surface area contributed by atoms with Crippen molar-refractivity contribution in [2.75, 3.05) is 26.2 Å². The van der Waals surface area contributed by atoms with Crippen molar-refractivity contribution >= 4 is 47.3 Å². The molecule has 0 aliphatic carbocycles. The van der Waals surface area contributed by atoms with Gasteiger partial charge in [0.2, 0.25) is 47.3 Å². The predicted octanol–water partition coefficient (Wildman–Crippen LogP) is -8.21. The topological polar surface area (TPSA) is 337 Å². The molecule has 0 aromatic rings. The van der Waals surface area contributed by atoms with Gasteiger partial charge in [-0.25, -0.2) is 0 Å². The Balaban J connectivity index is 3.29. The molecule has 20 nitrogen and oxygen atoms in total. The molecule has 0 unspecified atom stereocenters. The maximum atomic E-state index is 12.7. The van der Waals surface area contributed by atoms with Crippen molar-refractivity contribution in [1.29, 1.82) is 0 Å². The van der Waals surface area contributed by atoms with E-state index in [1.165, 1.54) is 27.7 Å². The molecule has 20 heteroatoms. The molecule has 1 aliphatic rings. The van der Waals surface area contributed by atoms with Crippen LogP contribution in [0.4, 0.5) is 0 Å². The Morgan fingerprint density at radius 3 is 0.636 bits per heavy atom. The highest BCUT2D eigenvalue weighted by Gasteiger charge is 2.32. The first-order valence-corrected chi connectivity index (χ1v) is 13.8. The lowest BCUT2D eigenvalue weighted by Crippen LogP contribution is -2.62. The Kier molecular flexibility index (Phi) is 15.1. The molecular weight excluding hydrogens is 584 g/mol. The summed E-state index contributed by atoms with van der Waals surface area (Å²) in [6.07, 6.45) is 0. The van der Waals surface area contributed by atoms with Crippen molar-refractivity contribution in [1.82, 2.24) is 42.5 Å². The van der Waals surface area contributed by atoms with Crippen LogP contribution in [-0.2, 0) is 38.4 Å². The number of nitrogens with two attached hydrogens (primary N) is 4. The van der Waals surface area contributed by atoms with Crippen molar-refractivity contribution in [2.45, 2.75) is 76.0 Å². The van der Waals surface area contributed by atoms with Gasteiger partial charge in [-0.3, -0.25) is 38.4 Å². The molecule has 1 saturated heterocycles. The molecule has 8 amide bonds. The van der Waals surface area contributed by atoms with E-state index in [2.05, 4.69) is 42.5 Å². The van der Waals surface area contributed by atoms with E-state index in [0.29, 0.717) is 0 Å². The first-order chi connectivity index (χ1) is 20.6. The van der Waals surface area contributed by atoms with Gasteiger partial charge in [0.1, 0.15) is 48.3 Å². The lowest BCUT2D eigenvalue weighted by molar-refractivity contribution is -0.136. The van der Waals surface area contributed by atoms with Crippen molar-refractivity contribution in [2.24, 2.45) is 22.9 Å². The largest absolute Gasteiger partial charge is 0.343 e. The molecule has 44 heavy (non-hydrogen) atoms. The zero-order valence-corrected chi connectivity index (χ0v) is 25.0. The molecule has 8 atom stereocenters. The van der Waals surface area contributed by atoms with Crippen LogP contribution >= 0.6 is 0 Å². The summed E-state index contributed by atoms with van der Waals surface area (Å²) >= 11 is 0. The number of hydrogen-bond donors (Lipinski definition) is 12. The quantitative estimate of drug-likeness (QED) is 0.138. The van der Waals surface area contributed by atoms with Crippen LogP contribution in [0.2, 0.25) is 0 Å². The van der Waals surface area contributed by atoms with E-state index >= 15 is 0 Å². The Morgan fingerprint density at radius 2 is 0.500 bits per heavy atom. The average Bonchev–Trinajstić information content (AvgIpc) is 2.98. The third kappa shape index (κ3) is 11.0. The molecule has 1 aliphatic heterocycles. The number of carbonyl (C=O) groups is 8. The normalized spacial score (nSPS) is 31.1. The molecular formula is C24H44N12O8. The maximum absolute atomic E-state index is 12.7. The van der Waals surface area contributed by atoms with Gasteiger partial charge < -0.3 is 65.5 Å². The van der Waals surface area contributed by atoms with E-state index in [9.17, 15) is 38.4 Å². The fourth-order valence-corrected chi connectivity index (χ4v) is 3.63. The van der Waals surface area contributed by atoms with E-state index in [1.54, 1.807) is 0 Å². The summed E-state index contributed by atoms with van der Waals surface area (Å²) in [5.74, 6) is -6.63. The second kappa shape index (κ2) is 17.7. The Labute approximate surface area is 253 Å². The van der Waals surface area contributed by atoms with E-state index in [1.807, 2.05) is 0 Å². The van der Waals surface area contributed by atoms with E-state index < -0.39 is 95.6 Å². The van der Waals surface area contributed by atoms with Gasteiger partial charge in [-0.15, -0.1) is 0 Å². The number of hydrogen-bond acceptors (Lipinski definition) is 12. The second-order valence-corrected chi connectivity index (χ2v) is 10.1. The number of nitrogens with one attached hydrogen (secondary N) is 8. The zero-order chi connectivity index (χ0) is 33.7. The first-order valence-electron chi connectivity index (χ1n) is 13.8. The summed E-state index contributed by atoms with van der Waals surface area (Å²) in [6.45, 7) is 3.70. The molecule has 16 N–H and O–H groups in total. The van der Waals surface area contributed by atoms with Crippen LogP contribution in [0.15, 0.2) is 0 Å². The fourth-order valence-electron chi connectivity index (χ4n) is 3.63. The number of amides is 8.